The Hall–Kier alpha value is -0.940. The van der Waals surface area contributed by atoms with E-state index in [4.69, 9.17) is 14.2 Å². The first-order valence-electron chi connectivity index (χ1n) is 7.34. The molecule has 0 unspecified atom stereocenters. The summed E-state index contributed by atoms with van der Waals surface area (Å²) < 4.78 is 15.9. The number of hydrogen-bond acceptors (Lipinski definition) is 4. The van der Waals surface area contributed by atoms with Gasteiger partial charge in [-0.2, -0.15) is 0 Å². The molecule has 0 heterocycles. The largest absolute Gasteiger partial charge is 0.382 e. The van der Waals surface area contributed by atoms with Crippen LogP contribution in [0, 0.1) is 0 Å². The van der Waals surface area contributed by atoms with Crippen LogP contribution in [0.25, 0.3) is 0 Å². The lowest BCUT2D eigenvalue weighted by atomic mass is 10.1. The minimum Gasteiger partial charge on any atom is -0.382 e. The molecular weight excluding hydrogens is 254 g/mol. The monoisotopic (exact) mass is 279 g/mol. The van der Waals surface area contributed by atoms with E-state index in [0.29, 0.717) is 33.0 Å². The van der Waals surface area contributed by atoms with Crippen molar-refractivity contribution < 1.29 is 14.2 Å². The predicted octanol–water partition coefficient (Wildman–Crippen LogP) is 2.12. The number of hydrogen-bond donors (Lipinski definition) is 1. The highest BCUT2D eigenvalue weighted by molar-refractivity contribution is 5.23. The fourth-order valence-electron chi connectivity index (χ4n) is 1.93. The average molecular weight is 279 g/mol. The lowest BCUT2D eigenvalue weighted by Gasteiger charge is -2.08. The van der Waals surface area contributed by atoms with Gasteiger partial charge < -0.3 is 19.5 Å². The normalized spacial score (nSPS) is 14.7. The first kappa shape index (κ1) is 15.4. The van der Waals surface area contributed by atoms with Crippen molar-refractivity contribution in [1.29, 1.82) is 0 Å². The van der Waals surface area contributed by atoms with Crippen LogP contribution in [-0.2, 0) is 27.4 Å². The van der Waals surface area contributed by atoms with Crippen LogP contribution in [0.4, 0.5) is 0 Å². The molecule has 112 valence electrons. The second-order valence-corrected chi connectivity index (χ2v) is 5.13. The molecule has 0 saturated heterocycles. The molecule has 0 radical (unpaired) electrons. The average Bonchev–Trinajstić information content (AvgIpc) is 3.29. The molecule has 0 spiro atoms. The number of nitrogens with one attached hydrogen (secondary N) is 1. The molecule has 4 heteroatoms. The van der Waals surface area contributed by atoms with E-state index in [1.807, 2.05) is 0 Å². The van der Waals surface area contributed by atoms with Gasteiger partial charge in [-0.05, 0) is 24.0 Å². The Morgan fingerprint density at radius 3 is 2.60 bits per heavy atom. The molecule has 1 aliphatic rings. The number of benzene rings is 1. The lowest BCUT2D eigenvalue weighted by Crippen LogP contribution is -2.15. The smallest absolute Gasteiger partial charge is 0.0718 e. The van der Waals surface area contributed by atoms with E-state index in [0.717, 1.165) is 12.6 Å². The molecule has 1 N–H and O–H groups in total. The molecule has 20 heavy (non-hydrogen) atoms. The summed E-state index contributed by atoms with van der Waals surface area (Å²) in [6.45, 7) is 4.10. The van der Waals surface area contributed by atoms with Crippen molar-refractivity contribution >= 4 is 0 Å². The molecule has 0 aromatic heterocycles. The molecular formula is C16H25NO3. The highest BCUT2D eigenvalue weighted by Crippen LogP contribution is 2.19. The zero-order valence-electron chi connectivity index (χ0n) is 12.3. The van der Waals surface area contributed by atoms with Crippen LogP contribution in [0.1, 0.15) is 24.0 Å². The van der Waals surface area contributed by atoms with E-state index in [1.54, 1.807) is 7.11 Å². The number of rotatable bonds is 11. The van der Waals surface area contributed by atoms with Crippen molar-refractivity contribution in [2.45, 2.75) is 32.0 Å². The summed E-state index contributed by atoms with van der Waals surface area (Å²) in [5, 5.41) is 3.52. The molecule has 2 rings (SSSR count). The topological polar surface area (TPSA) is 39.7 Å². The highest BCUT2D eigenvalue weighted by Gasteiger charge is 2.19. The Morgan fingerprint density at radius 1 is 1.05 bits per heavy atom. The van der Waals surface area contributed by atoms with E-state index in [1.165, 1.54) is 24.0 Å². The van der Waals surface area contributed by atoms with Gasteiger partial charge >= 0.3 is 0 Å². The lowest BCUT2D eigenvalue weighted by molar-refractivity contribution is 0.0199. The van der Waals surface area contributed by atoms with E-state index in [-0.39, 0.29) is 0 Å². The molecule has 0 aliphatic heterocycles. The van der Waals surface area contributed by atoms with Gasteiger partial charge in [-0.15, -0.1) is 0 Å². The second kappa shape index (κ2) is 9.08. The van der Waals surface area contributed by atoms with E-state index in [2.05, 4.69) is 29.6 Å². The molecule has 1 aromatic carbocycles. The minimum absolute atomic E-state index is 0.617. The third-order valence-electron chi connectivity index (χ3n) is 3.24. The van der Waals surface area contributed by atoms with Crippen LogP contribution >= 0.6 is 0 Å². The van der Waals surface area contributed by atoms with Gasteiger partial charge in [0, 0.05) is 19.7 Å². The maximum Gasteiger partial charge on any atom is 0.0718 e. The van der Waals surface area contributed by atoms with Crippen LogP contribution in [0.15, 0.2) is 24.3 Å². The quantitative estimate of drug-likeness (QED) is 0.630. The SMILES string of the molecule is COCCOCCOCc1cccc(CNC2CC2)c1. The van der Waals surface area contributed by atoms with Gasteiger partial charge in [0.25, 0.3) is 0 Å². The van der Waals surface area contributed by atoms with Crippen molar-refractivity contribution in [2.24, 2.45) is 0 Å². The second-order valence-electron chi connectivity index (χ2n) is 5.13. The molecule has 1 aromatic rings. The molecule has 1 aliphatic carbocycles. The number of methoxy groups -OCH3 is 1. The maximum absolute atomic E-state index is 5.61. The van der Waals surface area contributed by atoms with Crippen LogP contribution in [0.2, 0.25) is 0 Å². The van der Waals surface area contributed by atoms with Gasteiger partial charge in [0.2, 0.25) is 0 Å². The fraction of sp³-hybridized carbons (Fsp3) is 0.625. The van der Waals surface area contributed by atoms with Crippen molar-refractivity contribution in [3.63, 3.8) is 0 Å². The Kier molecular flexibility index (Phi) is 7.01. The van der Waals surface area contributed by atoms with Crippen LogP contribution in [-0.4, -0.2) is 39.6 Å². The summed E-state index contributed by atoms with van der Waals surface area (Å²) >= 11 is 0. The zero-order valence-corrected chi connectivity index (χ0v) is 12.3. The van der Waals surface area contributed by atoms with Crippen molar-refractivity contribution in [3.05, 3.63) is 35.4 Å². The molecule has 0 amide bonds. The fourth-order valence-corrected chi connectivity index (χ4v) is 1.93. The van der Waals surface area contributed by atoms with Gasteiger partial charge in [-0.25, -0.2) is 0 Å². The summed E-state index contributed by atoms with van der Waals surface area (Å²) in [5.41, 5.74) is 2.55. The first-order chi connectivity index (χ1) is 9.88. The first-order valence-corrected chi connectivity index (χ1v) is 7.34. The van der Waals surface area contributed by atoms with Crippen LogP contribution < -0.4 is 5.32 Å². The molecule has 1 saturated carbocycles. The Labute approximate surface area is 121 Å². The summed E-state index contributed by atoms with van der Waals surface area (Å²) in [4.78, 5) is 0. The van der Waals surface area contributed by atoms with Gasteiger partial charge in [0.05, 0.1) is 33.0 Å². The Bertz CT molecular complexity index is 380. The molecule has 4 nitrogen and oxygen atoms in total. The zero-order chi connectivity index (χ0) is 14.0. The van der Waals surface area contributed by atoms with Crippen molar-refractivity contribution in [3.8, 4) is 0 Å². The molecule has 0 atom stereocenters. The van der Waals surface area contributed by atoms with Gasteiger partial charge in [-0.1, -0.05) is 24.3 Å². The summed E-state index contributed by atoms with van der Waals surface area (Å²) in [6.07, 6.45) is 2.65. The molecule has 0 bridgehead atoms. The standard InChI is InChI=1S/C16H25NO3/c1-18-7-8-19-9-10-20-13-15-4-2-3-14(11-15)12-17-16-5-6-16/h2-4,11,16-17H,5-10,12-13H2,1H3. The van der Waals surface area contributed by atoms with E-state index < -0.39 is 0 Å². The van der Waals surface area contributed by atoms with Crippen LogP contribution in [0.3, 0.4) is 0 Å². The maximum atomic E-state index is 5.61. The van der Waals surface area contributed by atoms with Gasteiger partial charge in [-0.3, -0.25) is 0 Å². The Balaban J connectivity index is 1.58. The summed E-state index contributed by atoms with van der Waals surface area (Å²) in [7, 11) is 1.67. The predicted molar refractivity (Wildman–Crippen MR) is 78.7 cm³/mol. The van der Waals surface area contributed by atoms with E-state index in [9.17, 15) is 0 Å². The van der Waals surface area contributed by atoms with Gasteiger partial charge in [0.15, 0.2) is 0 Å². The van der Waals surface area contributed by atoms with E-state index >= 15 is 0 Å². The summed E-state index contributed by atoms with van der Waals surface area (Å²) in [5.74, 6) is 0. The van der Waals surface area contributed by atoms with Crippen molar-refractivity contribution in [2.75, 3.05) is 33.5 Å². The number of ether oxygens (including phenoxy) is 3. The van der Waals surface area contributed by atoms with Crippen LogP contribution in [0.5, 0.6) is 0 Å². The summed E-state index contributed by atoms with van der Waals surface area (Å²) in [6, 6.07) is 9.32. The molecule has 1 fully saturated rings. The third-order valence-corrected chi connectivity index (χ3v) is 3.24. The van der Waals surface area contributed by atoms with Crippen molar-refractivity contribution in [1.82, 2.24) is 5.32 Å². The third kappa shape index (κ3) is 6.48. The minimum atomic E-state index is 0.617. The highest BCUT2D eigenvalue weighted by atomic mass is 16.5. The van der Waals surface area contributed by atoms with Gasteiger partial charge in [0.1, 0.15) is 0 Å². The Morgan fingerprint density at radius 2 is 1.80 bits per heavy atom.